The Bertz CT molecular complexity index is 623. The minimum atomic E-state index is -5.84. The Labute approximate surface area is 117 Å². The van der Waals surface area contributed by atoms with Gasteiger partial charge in [-0.1, -0.05) is 0 Å². The van der Waals surface area contributed by atoms with E-state index in [2.05, 4.69) is 4.18 Å². The molecule has 1 aromatic carbocycles. The van der Waals surface area contributed by atoms with Crippen LogP contribution in [0.15, 0.2) is 18.2 Å². The molecule has 6 nitrogen and oxygen atoms in total. The van der Waals surface area contributed by atoms with Crippen molar-refractivity contribution in [1.29, 1.82) is 0 Å². The molecular formula is C11H11F3O6S. The summed E-state index contributed by atoms with van der Waals surface area (Å²) in [5.74, 6) is -1.95. The first-order chi connectivity index (χ1) is 9.58. The van der Waals surface area contributed by atoms with Gasteiger partial charge in [-0.3, -0.25) is 0 Å². The second kappa shape index (κ2) is 6.31. The number of aliphatic hydroxyl groups excluding tert-OH is 1. The van der Waals surface area contributed by atoms with Gasteiger partial charge in [0.05, 0.1) is 5.56 Å². The van der Waals surface area contributed by atoms with E-state index in [0.29, 0.717) is 0 Å². The minimum absolute atomic E-state index is 0.0413. The van der Waals surface area contributed by atoms with Crippen molar-refractivity contribution in [2.45, 2.75) is 18.3 Å². The number of aromatic carboxylic acids is 1. The monoisotopic (exact) mass is 328 g/mol. The van der Waals surface area contributed by atoms with Gasteiger partial charge >= 0.3 is 21.6 Å². The Morgan fingerprint density at radius 1 is 1.29 bits per heavy atom. The van der Waals surface area contributed by atoms with Gasteiger partial charge < -0.3 is 14.4 Å². The summed E-state index contributed by atoms with van der Waals surface area (Å²) >= 11 is 0. The zero-order valence-corrected chi connectivity index (χ0v) is 11.2. The van der Waals surface area contributed by atoms with Crippen LogP contribution in [0.3, 0.4) is 0 Å². The van der Waals surface area contributed by atoms with Crippen molar-refractivity contribution in [2.24, 2.45) is 0 Å². The third kappa shape index (κ3) is 4.33. The molecule has 0 amide bonds. The van der Waals surface area contributed by atoms with Gasteiger partial charge in [0.15, 0.2) is 0 Å². The van der Waals surface area contributed by atoms with Gasteiger partial charge in [0.2, 0.25) is 0 Å². The van der Waals surface area contributed by atoms with E-state index in [-0.39, 0.29) is 30.6 Å². The molecule has 1 aromatic rings. The van der Waals surface area contributed by atoms with E-state index in [1.165, 1.54) is 0 Å². The second-order valence-corrected chi connectivity index (χ2v) is 5.48. The Kier molecular flexibility index (Phi) is 5.18. The number of hydrogen-bond donors (Lipinski definition) is 2. The van der Waals surface area contributed by atoms with Crippen LogP contribution in [0, 0.1) is 0 Å². The van der Waals surface area contributed by atoms with E-state index in [0.717, 1.165) is 18.2 Å². The van der Waals surface area contributed by atoms with Crippen molar-refractivity contribution in [3.63, 3.8) is 0 Å². The highest BCUT2D eigenvalue weighted by Gasteiger charge is 2.48. The van der Waals surface area contributed by atoms with Gasteiger partial charge in [-0.25, -0.2) is 4.79 Å². The molecule has 0 heterocycles. The zero-order valence-electron chi connectivity index (χ0n) is 10.4. The Morgan fingerprint density at radius 2 is 1.90 bits per heavy atom. The number of rotatable bonds is 6. The quantitative estimate of drug-likeness (QED) is 0.607. The van der Waals surface area contributed by atoms with E-state index in [1.54, 1.807) is 0 Å². The molecule has 0 fully saturated rings. The van der Waals surface area contributed by atoms with Crippen molar-refractivity contribution in [3.05, 3.63) is 29.3 Å². The molecule has 0 saturated heterocycles. The number of benzene rings is 1. The van der Waals surface area contributed by atoms with Crippen LogP contribution < -0.4 is 4.18 Å². The summed E-state index contributed by atoms with van der Waals surface area (Å²) < 4.78 is 62.7. The third-order valence-electron chi connectivity index (χ3n) is 2.39. The Balaban J connectivity index is 3.20. The molecule has 118 valence electrons. The molecule has 0 unspecified atom stereocenters. The maximum atomic E-state index is 12.3. The lowest BCUT2D eigenvalue weighted by Gasteiger charge is -2.13. The van der Waals surface area contributed by atoms with E-state index < -0.39 is 27.3 Å². The topological polar surface area (TPSA) is 101 Å². The van der Waals surface area contributed by atoms with Crippen LogP contribution in [0.4, 0.5) is 13.2 Å². The highest BCUT2D eigenvalue weighted by molar-refractivity contribution is 7.88. The first-order valence-corrected chi connectivity index (χ1v) is 6.97. The number of hydrogen-bond acceptors (Lipinski definition) is 5. The lowest BCUT2D eigenvalue weighted by molar-refractivity contribution is -0.0500. The van der Waals surface area contributed by atoms with E-state index in [4.69, 9.17) is 10.2 Å². The molecule has 0 aliphatic rings. The summed E-state index contributed by atoms with van der Waals surface area (Å²) in [5, 5.41) is 17.5. The Hall–Kier alpha value is -1.81. The zero-order chi connectivity index (χ0) is 16.3. The molecule has 10 heteroatoms. The fraction of sp³-hybridized carbons (Fsp3) is 0.364. The minimum Gasteiger partial charge on any atom is -0.478 e. The number of carbonyl (C=O) groups is 1. The van der Waals surface area contributed by atoms with Crippen molar-refractivity contribution < 1.29 is 40.8 Å². The number of aliphatic hydroxyl groups is 1. The smallest absolute Gasteiger partial charge is 0.478 e. The van der Waals surface area contributed by atoms with Crippen molar-refractivity contribution in [3.8, 4) is 5.75 Å². The van der Waals surface area contributed by atoms with Crippen molar-refractivity contribution in [2.75, 3.05) is 6.61 Å². The van der Waals surface area contributed by atoms with Gasteiger partial charge in [0.25, 0.3) is 0 Å². The summed E-state index contributed by atoms with van der Waals surface area (Å²) in [7, 11) is -5.84. The van der Waals surface area contributed by atoms with Gasteiger partial charge in [0.1, 0.15) is 5.75 Å². The summed E-state index contributed by atoms with van der Waals surface area (Å²) in [6.07, 6.45) is 0.0613. The second-order valence-electron chi connectivity index (χ2n) is 3.94. The van der Waals surface area contributed by atoms with Gasteiger partial charge in [-0.2, -0.15) is 21.6 Å². The lowest BCUT2D eigenvalue weighted by Crippen LogP contribution is -2.28. The maximum absolute atomic E-state index is 12.3. The van der Waals surface area contributed by atoms with Crippen molar-refractivity contribution >= 4 is 16.1 Å². The van der Waals surface area contributed by atoms with Gasteiger partial charge in [0, 0.05) is 6.61 Å². The van der Waals surface area contributed by atoms with Gasteiger partial charge in [-0.05, 0) is 36.6 Å². The van der Waals surface area contributed by atoms with Crippen LogP contribution in [0.5, 0.6) is 5.75 Å². The largest absolute Gasteiger partial charge is 0.534 e. The Morgan fingerprint density at radius 3 is 2.38 bits per heavy atom. The van der Waals surface area contributed by atoms with Crippen LogP contribution in [-0.4, -0.2) is 36.7 Å². The molecule has 0 atom stereocenters. The molecule has 0 spiro atoms. The molecule has 2 N–H and O–H groups in total. The predicted molar refractivity (Wildman–Crippen MR) is 64.4 cm³/mol. The average Bonchev–Trinajstić information content (AvgIpc) is 2.35. The number of carboxylic acid groups (broad SMARTS) is 1. The highest BCUT2D eigenvalue weighted by atomic mass is 32.2. The molecule has 0 bridgehead atoms. The number of alkyl halides is 3. The summed E-state index contributed by atoms with van der Waals surface area (Å²) in [6.45, 7) is -0.303. The molecule has 0 aromatic heterocycles. The van der Waals surface area contributed by atoms with Crippen LogP contribution in [0.1, 0.15) is 22.3 Å². The number of carboxylic acids is 1. The summed E-state index contributed by atoms with van der Waals surface area (Å²) in [6, 6.07) is 2.75. The maximum Gasteiger partial charge on any atom is 0.534 e. The van der Waals surface area contributed by atoms with Crippen LogP contribution in [0.2, 0.25) is 0 Å². The van der Waals surface area contributed by atoms with E-state index in [9.17, 15) is 26.4 Å². The fourth-order valence-electron chi connectivity index (χ4n) is 1.42. The van der Waals surface area contributed by atoms with Crippen LogP contribution in [-0.2, 0) is 16.5 Å². The molecule has 0 saturated carbocycles. The van der Waals surface area contributed by atoms with E-state index in [1.807, 2.05) is 0 Å². The SMILES string of the molecule is O=C(O)c1ccc(OS(=O)(=O)C(F)(F)F)c(CCCO)c1. The highest BCUT2D eigenvalue weighted by Crippen LogP contribution is 2.30. The van der Waals surface area contributed by atoms with Crippen molar-refractivity contribution in [1.82, 2.24) is 0 Å². The standard InChI is InChI=1S/C11H11F3O6S/c12-11(13,14)21(18,19)20-9-4-3-8(10(16)17)6-7(9)2-1-5-15/h3-4,6,15H,1-2,5H2,(H,16,17). The van der Waals surface area contributed by atoms with E-state index >= 15 is 0 Å². The van der Waals surface area contributed by atoms with Gasteiger partial charge in [-0.15, -0.1) is 0 Å². The molecule has 0 aliphatic carbocycles. The molecular weight excluding hydrogens is 317 g/mol. The molecule has 21 heavy (non-hydrogen) atoms. The first kappa shape index (κ1) is 17.2. The molecule has 0 radical (unpaired) electrons. The summed E-state index contributed by atoms with van der Waals surface area (Å²) in [5.41, 5.74) is -5.89. The normalized spacial score (nSPS) is 12.2. The molecule has 1 rings (SSSR count). The van der Waals surface area contributed by atoms with Crippen LogP contribution in [0.25, 0.3) is 0 Å². The molecule has 0 aliphatic heterocycles. The summed E-state index contributed by atoms with van der Waals surface area (Å²) in [4.78, 5) is 10.8. The lowest BCUT2D eigenvalue weighted by atomic mass is 10.1. The first-order valence-electron chi connectivity index (χ1n) is 5.56. The average molecular weight is 328 g/mol. The number of halogens is 3. The fourth-order valence-corrected chi connectivity index (χ4v) is 1.92. The number of aryl methyl sites for hydroxylation is 1. The van der Waals surface area contributed by atoms with Crippen LogP contribution >= 0.6 is 0 Å². The third-order valence-corrected chi connectivity index (χ3v) is 3.36. The predicted octanol–water partition coefficient (Wildman–Crippen LogP) is 1.54.